The number of nitrogens with zero attached hydrogens (tertiary/aromatic N) is 1. The lowest BCUT2D eigenvalue weighted by Crippen LogP contribution is -2.39. The van der Waals surface area contributed by atoms with Crippen molar-refractivity contribution in [1.29, 1.82) is 0 Å². The van der Waals surface area contributed by atoms with E-state index < -0.39 is 0 Å². The van der Waals surface area contributed by atoms with Gasteiger partial charge in [-0.05, 0) is 60.4 Å². The molecule has 0 aromatic rings. The SMILES string of the molecule is CC(C)(C)OC[C@H]1CCN(C(C)(C)C)C1. The Morgan fingerprint density at radius 1 is 1.13 bits per heavy atom. The monoisotopic (exact) mass is 213 g/mol. The molecule has 1 atom stereocenters. The van der Waals surface area contributed by atoms with Crippen molar-refractivity contribution in [3.05, 3.63) is 0 Å². The van der Waals surface area contributed by atoms with E-state index in [9.17, 15) is 0 Å². The Morgan fingerprint density at radius 3 is 2.13 bits per heavy atom. The second kappa shape index (κ2) is 4.42. The van der Waals surface area contributed by atoms with Gasteiger partial charge in [-0.15, -0.1) is 0 Å². The summed E-state index contributed by atoms with van der Waals surface area (Å²) in [6, 6.07) is 0. The number of hydrogen-bond donors (Lipinski definition) is 0. The van der Waals surface area contributed by atoms with Crippen LogP contribution in [0.1, 0.15) is 48.0 Å². The summed E-state index contributed by atoms with van der Waals surface area (Å²) in [5, 5.41) is 0. The van der Waals surface area contributed by atoms with Crippen LogP contribution < -0.4 is 0 Å². The Hall–Kier alpha value is -0.0800. The normalized spacial score (nSPS) is 24.8. The Morgan fingerprint density at radius 2 is 1.73 bits per heavy atom. The topological polar surface area (TPSA) is 12.5 Å². The van der Waals surface area contributed by atoms with Gasteiger partial charge in [0.05, 0.1) is 12.2 Å². The van der Waals surface area contributed by atoms with E-state index >= 15 is 0 Å². The second-order valence-corrected chi connectivity index (χ2v) is 6.69. The van der Waals surface area contributed by atoms with Gasteiger partial charge in [0.1, 0.15) is 0 Å². The Kier molecular flexibility index (Phi) is 3.83. The van der Waals surface area contributed by atoms with Crippen molar-refractivity contribution < 1.29 is 4.74 Å². The molecule has 1 aliphatic rings. The Labute approximate surface area is 95.0 Å². The maximum atomic E-state index is 5.85. The number of ether oxygens (including phenoxy) is 1. The van der Waals surface area contributed by atoms with E-state index in [4.69, 9.17) is 4.74 Å². The molecule has 0 aliphatic carbocycles. The van der Waals surface area contributed by atoms with Crippen molar-refractivity contribution in [3.8, 4) is 0 Å². The van der Waals surface area contributed by atoms with E-state index in [-0.39, 0.29) is 5.60 Å². The van der Waals surface area contributed by atoms with Crippen LogP contribution in [0, 0.1) is 5.92 Å². The van der Waals surface area contributed by atoms with Crippen LogP contribution in [0.25, 0.3) is 0 Å². The predicted octanol–water partition coefficient (Wildman–Crippen LogP) is 2.92. The summed E-state index contributed by atoms with van der Waals surface area (Å²) in [4.78, 5) is 2.56. The lowest BCUT2D eigenvalue weighted by Gasteiger charge is -2.32. The minimum absolute atomic E-state index is 0.00908. The van der Waals surface area contributed by atoms with Gasteiger partial charge in [-0.25, -0.2) is 0 Å². The van der Waals surface area contributed by atoms with Crippen molar-refractivity contribution in [1.82, 2.24) is 4.90 Å². The van der Waals surface area contributed by atoms with Crippen LogP contribution in [0.4, 0.5) is 0 Å². The fourth-order valence-corrected chi connectivity index (χ4v) is 1.95. The van der Waals surface area contributed by atoms with E-state index in [2.05, 4.69) is 46.4 Å². The molecule has 0 unspecified atom stereocenters. The molecule has 90 valence electrons. The van der Waals surface area contributed by atoms with Crippen molar-refractivity contribution in [2.75, 3.05) is 19.7 Å². The van der Waals surface area contributed by atoms with E-state index in [1.807, 2.05) is 0 Å². The molecule has 0 N–H and O–H groups in total. The molecule has 1 aliphatic heterocycles. The summed E-state index contributed by atoms with van der Waals surface area (Å²) in [6.07, 6.45) is 1.29. The molecule has 0 aromatic carbocycles. The van der Waals surface area contributed by atoms with Crippen LogP contribution in [0.5, 0.6) is 0 Å². The predicted molar refractivity (Wildman–Crippen MR) is 65.1 cm³/mol. The molecule has 1 fully saturated rings. The second-order valence-electron chi connectivity index (χ2n) is 6.69. The third-order valence-electron chi connectivity index (χ3n) is 2.99. The maximum absolute atomic E-state index is 5.85. The van der Waals surface area contributed by atoms with Gasteiger partial charge in [0.15, 0.2) is 0 Å². The molecule has 0 bridgehead atoms. The molecular formula is C13H27NO. The molecule has 0 radical (unpaired) electrons. The van der Waals surface area contributed by atoms with Crippen molar-refractivity contribution >= 4 is 0 Å². The lowest BCUT2D eigenvalue weighted by molar-refractivity contribution is -0.0217. The van der Waals surface area contributed by atoms with Crippen LogP contribution in [-0.4, -0.2) is 35.7 Å². The first-order valence-electron chi connectivity index (χ1n) is 6.07. The quantitative estimate of drug-likeness (QED) is 0.699. The third-order valence-corrected chi connectivity index (χ3v) is 2.99. The zero-order valence-electron chi connectivity index (χ0n) is 11.3. The highest BCUT2D eigenvalue weighted by Crippen LogP contribution is 2.25. The van der Waals surface area contributed by atoms with Gasteiger partial charge in [0.25, 0.3) is 0 Å². The molecule has 1 heterocycles. The summed E-state index contributed by atoms with van der Waals surface area (Å²) < 4.78 is 5.85. The summed E-state index contributed by atoms with van der Waals surface area (Å²) in [7, 11) is 0. The fourth-order valence-electron chi connectivity index (χ4n) is 1.95. The fraction of sp³-hybridized carbons (Fsp3) is 1.00. The van der Waals surface area contributed by atoms with E-state index in [0.29, 0.717) is 5.54 Å². The highest BCUT2D eigenvalue weighted by atomic mass is 16.5. The van der Waals surface area contributed by atoms with Crippen LogP contribution in [-0.2, 0) is 4.74 Å². The van der Waals surface area contributed by atoms with Gasteiger partial charge >= 0.3 is 0 Å². The van der Waals surface area contributed by atoms with Crippen molar-refractivity contribution in [2.24, 2.45) is 5.92 Å². The summed E-state index contributed by atoms with van der Waals surface area (Å²) in [6.45, 7) is 16.6. The summed E-state index contributed by atoms with van der Waals surface area (Å²) in [5.74, 6) is 0.725. The van der Waals surface area contributed by atoms with Gasteiger partial charge in [-0.1, -0.05) is 0 Å². The third kappa shape index (κ3) is 4.52. The smallest absolute Gasteiger partial charge is 0.0598 e. The van der Waals surface area contributed by atoms with Gasteiger partial charge in [-0.3, -0.25) is 4.90 Å². The molecule has 2 nitrogen and oxygen atoms in total. The van der Waals surface area contributed by atoms with Gasteiger partial charge in [-0.2, -0.15) is 0 Å². The zero-order chi connectivity index (χ0) is 11.7. The molecular weight excluding hydrogens is 186 g/mol. The maximum Gasteiger partial charge on any atom is 0.0598 e. The largest absolute Gasteiger partial charge is 0.376 e. The Bertz CT molecular complexity index is 200. The molecule has 0 aromatic heterocycles. The van der Waals surface area contributed by atoms with Crippen LogP contribution in [0.3, 0.4) is 0 Å². The number of rotatable bonds is 2. The van der Waals surface area contributed by atoms with Gasteiger partial charge in [0.2, 0.25) is 0 Å². The first-order chi connectivity index (χ1) is 6.68. The minimum Gasteiger partial charge on any atom is -0.376 e. The van der Waals surface area contributed by atoms with Gasteiger partial charge < -0.3 is 4.74 Å². The molecule has 0 amide bonds. The highest BCUT2D eigenvalue weighted by molar-refractivity contribution is 4.84. The van der Waals surface area contributed by atoms with Crippen LogP contribution in [0.15, 0.2) is 0 Å². The highest BCUT2D eigenvalue weighted by Gasteiger charge is 2.30. The number of likely N-dealkylation sites (tertiary alicyclic amines) is 1. The standard InChI is InChI=1S/C13H27NO/c1-12(2,3)14-8-7-11(9-14)10-15-13(4,5)6/h11H,7-10H2,1-6H3/t11-/m0/s1. The molecule has 0 saturated carbocycles. The molecule has 15 heavy (non-hydrogen) atoms. The van der Waals surface area contributed by atoms with E-state index in [0.717, 1.165) is 12.5 Å². The molecule has 1 rings (SSSR count). The van der Waals surface area contributed by atoms with Crippen LogP contribution >= 0.6 is 0 Å². The summed E-state index contributed by atoms with van der Waals surface area (Å²) in [5.41, 5.74) is 0.325. The summed E-state index contributed by atoms with van der Waals surface area (Å²) >= 11 is 0. The number of hydrogen-bond acceptors (Lipinski definition) is 2. The molecule has 0 spiro atoms. The van der Waals surface area contributed by atoms with Crippen molar-refractivity contribution in [3.63, 3.8) is 0 Å². The van der Waals surface area contributed by atoms with Crippen molar-refractivity contribution in [2.45, 2.75) is 59.1 Å². The first-order valence-corrected chi connectivity index (χ1v) is 6.07. The van der Waals surface area contributed by atoms with Crippen LogP contribution in [0.2, 0.25) is 0 Å². The zero-order valence-corrected chi connectivity index (χ0v) is 11.3. The van der Waals surface area contributed by atoms with E-state index in [1.54, 1.807) is 0 Å². The van der Waals surface area contributed by atoms with Gasteiger partial charge in [0, 0.05) is 12.1 Å². The first kappa shape index (κ1) is 13.0. The molecule has 1 saturated heterocycles. The van der Waals surface area contributed by atoms with E-state index in [1.165, 1.54) is 19.5 Å². The lowest BCUT2D eigenvalue weighted by atomic mass is 10.1. The average Bonchev–Trinajstić information content (AvgIpc) is 2.45. The molecule has 2 heteroatoms. The minimum atomic E-state index is 0.00908. The Balaban J connectivity index is 2.31. The average molecular weight is 213 g/mol.